The van der Waals surface area contributed by atoms with Crippen molar-refractivity contribution in [2.45, 2.75) is 40.3 Å². The zero-order valence-corrected chi connectivity index (χ0v) is 14.1. The van der Waals surface area contributed by atoms with Gasteiger partial charge in [-0.3, -0.25) is 0 Å². The van der Waals surface area contributed by atoms with E-state index in [0.717, 1.165) is 23.7 Å². The van der Waals surface area contributed by atoms with Gasteiger partial charge in [0.15, 0.2) is 0 Å². The van der Waals surface area contributed by atoms with Crippen LogP contribution in [0.25, 0.3) is 0 Å². The minimum Gasteiger partial charge on any atom is -0.350 e. The summed E-state index contributed by atoms with van der Waals surface area (Å²) in [7, 11) is 0. The molecular formula is C18H25ClN2. The van der Waals surface area contributed by atoms with Crippen LogP contribution < -0.4 is 5.32 Å². The van der Waals surface area contributed by atoms with Crippen LogP contribution in [0, 0.1) is 12.8 Å². The molecule has 1 aromatic heterocycles. The van der Waals surface area contributed by atoms with Crippen molar-refractivity contribution in [3.05, 3.63) is 58.4 Å². The van der Waals surface area contributed by atoms with Gasteiger partial charge in [0.2, 0.25) is 0 Å². The number of nitrogens with one attached hydrogen (secondary N) is 1. The third-order valence-corrected chi connectivity index (χ3v) is 4.14. The largest absolute Gasteiger partial charge is 0.350 e. The first-order valence-electron chi connectivity index (χ1n) is 7.65. The first-order valence-corrected chi connectivity index (χ1v) is 8.03. The molecule has 0 aliphatic carbocycles. The van der Waals surface area contributed by atoms with Crippen LogP contribution in [0.15, 0.2) is 36.7 Å². The highest BCUT2D eigenvalue weighted by molar-refractivity contribution is 6.31. The maximum absolute atomic E-state index is 6.32. The number of rotatable bonds is 6. The normalized spacial score (nSPS) is 12.9. The number of aromatic nitrogens is 1. The van der Waals surface area contributed by atoms with Crippen LogP contribution in [0.2, 0.25) is 5.02 Å². The van der Waals surface area contributed by atoms with Crippen molar-refractivity contribution in [3.63, 3.8) is 0 Å². The zero-order chi connectivity index (χ0) is 15.4. The third kappa shape index (κ3) is 4.12. The third-order valence-electron chi connectivity index (χ3n) is 3.78. The zero-order valence-electron chi connectivity index (χ0n) is 13.4. The SMILES string of the molecule is CCNC(c1ccn(Cc2ccc(C)cc2Cl)c1)C(C)C. The van der Waals surface area contributed by atoms with E-state index in [0.29, 0.717) is 12.0 Å². The van der Waals surface area contributed by atoms with Crippen LogP contribution in [0.1, 0.15) is 43.5 Å². The van der Waals surface area contributed by atoms with Crippen LogP contribution >= 0.6 is 11.6 Å². The van der Waals surface area contributed by atoms with Crippen LogP contribution in [-0.4, -0.2) is 11.1 Å². The summed E-state index contributed by atoms with van der Waals surface area (Å²) in [6.07, 6.45) is 4.36. The van der Waals surface area contributed by atoms with Crippen molar-refractivity contribution in [2.75, 3.05) is 6.54 Å². The molecule has 0 fully saturated rings. The van der Waals surface area contributed by atoms with E-state index in [9.17, 15) is 0 Å². The highest BCUT2D eigenvalue weighted by Crippen LogP contribution is 2.23. The molecule has 0 amide bonds. The minimum absolute atomic E-state index is 0.407. The standard InChI is InChI=1S/C18H25ClN2/c1-5-20-18(13(2)3)16-8-9-21(12-16)11-15-7-6-14(4)10-17(15)19/h6-10,12-13,18,20H,5,11H2,1-4H3. The van der Waals surface area contributed by atoms with Gasteiger partial charge in [-0.05, 0) is 48.2 Å². The van der Waals surface area contributed by atoms with Crippen molar-refractivity contribution in [1.82, 2.24) is 9.88 Å². The lowest BCUT2D eigenvalue weighted by Gasteiger charge is -2.20. The molecule has 1 unspecified atom stereocenters. The number of halogens is 1. The van der Waals surface area contributed by atoms with E-state index >= 15 is 0 Å². The molecule has 2 nitrogen and oxygen atoms in total. The Kier molecular flexibility index (Phi) is 5.49. The van der Waals surface area contributed by atoms with Crippen molar-refractivity contribution in [1.29, 1.82) is 0 Å². The van der Waals surface area contributed by atoms with Crippen LogP contribution in [0.5, 0.6) is 0 Å². The molecule has 21 heavy (non-hydrogen) atoms. The summed E-state index contributed by atoms with van der Waals surface area (Å²) in [4.78, 5) is 0. The number of hydrogen-bond donors (Lipinski definition) is 1. The molecule has 1 atom stereocenters. The Hall–Kier alpha value is -1.25. The molecule has 1 heterocycles. The molecule has 114 valence electrons. The van der Waals surface area contributed by atoms with Gasteiger partial charge in [0.1, 0.15) is 0 Å². The van der Waals surface area contributed by atoms with Gasteiger partial charge >= 0.3 is 0 Å². The van der Waals surface area contributed by atoms with E-state index in [2.05, 4.69) is 68.2 Å². The monoisotopic (exact) mass is 304 g/mol. The molecule has 2 aromatic rings. The van der Waals surface area contributed by atoms with Gasteiger partial charge in [0, 0.05) is 30.0 Å². The van der Waals surface area contributed by atoms with Crippen molar-refractivity contribution in [2.24, 2.45) is 5.92 Å². The fourth-order valence-electron chi connectivity index (χ4n) is 2.68. The second-order valence-electron chi connectivity index (χ2n) is 5.99. The van der Waals surface area contributed by atoms with Gasteiger partial charge in [0.25, 0.3) is 0 Å². The molecule has 0 aliphatic heterocycles. The van der Waals surface area contributed by atoms with Gasteiger partial charge in [-0.1, -0.05) is 44.5 Å². The summed E-state index contributed by atoms with van der Waals surface area (Å²) in [6.45, 7) is 10.5. The molecule has 1 N–H and O–H groups in total. The molecule has 1 aromatic carbocycles. The Bertz CT molecular complexity index is 587. The summed E-state index contributed by atoms with van der Waals surface area (Å²) in [5.41, 5.74) is 3.70. The fraction of sp³-hybridized carbons (Fsp3) is 0.444. The van der Waals surface area contributed by atoms with E-state index in [4.69, 9.17) is 11.6 Å². The van der Waals surface area contributed by atoms with E-state index in [1.807, 2.05) is 6.07 Å². The molecule has 0 bridgehead atoms. The van der Waals surface area contributed by atoms with E-state index in [1.165, 1.54) is 11.1 Å². The number of hydrogen-bond acceptors (Lipinski definition) is 1. The molecule has 0 spiro atoms. The maximum atomic E-state index is 6.32. The summed E-state index contributed by atoms with van der Waals surface area (Å²) in [6, 6.07) is 8.86. The van der Waals surface area contributed by atoms with E-state index < -0.39 is 0 Å². The molecule has 0 saturated heterocycles. The van der Waals surface area contributed by atoms with Crippen molar-refractivity contribution in [3.8, 4) is 0 Å². The van der Waals surface area contributed by atoms with Crippen LogP contribution in [-0.2, 0) is 6.54 Å². The Morgan fingerprint density at radius 2 is 2.00 bits per heavy atom. The second kappa shape index (κ2) is 7.15. The average Bonchev–Trinajstić information content (AvgIpc) is 2.87. The second-order valence-corrected chi connectivity index (χ2v) is 6.40. The van der Waals surface area contributed by atoms with Crippen LogP contribution in [0.4, 0.5) is 0 Å². The molecule has 0 radical (unpaired) electrons. The van der Waals surface area contributed by atoms with Crippen LogP contribution in [0.3, 0.4) is 0 Å². The van der Waals surface area contributed by atoms with Gasteiger partial charge in [-0.15, -0.1) is 0 Å². The molecule has 0 aliphatic rings. The van der Waals surface area contributed by atoms with Gasteiger partial charge < -0.3 is 9.88 Å². The van der Waals surface area contributed by atoms with E-state index in [1.54, 1.807) is 0 Å². The topological polar surface area (TPSA) is 17.0 Å². The van der Waals surface area contributed by atoms with Crippen molar-refractivity contribution < 1.29 is 0 Å². The summed E-state index contributed by atoms with van der Waals surface area (Å²) >= 11 is 6.32. The predicted octanol–water partition coefficient (Wildman–Crippen LogP) is 4.80. The number of nitrogens with zero attached hydrogens (tertiary/aromatic N) is 1. The maximum Gasteiger partial charge on any atom is 0.0485 e. The lowest BCUT2D eigenvalue weighted by molar-refractivity contribution is 0.421. The fourth-order valence-corrected chi connectivity index (χ4v) is 2.97. The first kappa shape index (κ1) is 16.1. The molecule has 3 heteroatoms. The van der Waals surface area contributed by atoms with Gasteiger partial charge in [0.05, 0.1) is 0 Å². The lowest BCUT2D eigenvalue weighted by Crippen LogP contribution is -2.25. The Balaban J connectivity index is 2.15. The Labute approximate surface area is 133 Å². The molecule has 0 saturated carbocycles. The van der Waals surface area contributed by atoms with Crippen molar-refractivity contribution >= 4 is 11.6 Å². The average molecular weight is 305 g/mol. The minimum atomic E-state index is 0.407. The Morgan fingerprint density at radius 1 is 1.24 bits per heavy atom. The molecule has 2 rings (SSSR count). The summed E-state index contributed by atoms with van der Waals surface area (Å²) in [5, 5.41) is 4.40. The lowest BCUT2D eigenvalue weighted by atomic mass is 9.98. The first-order chi connectivity index (χ1) is 10.0. The smallest absolute Gasteiger partial charge is 0.0485 e. The highest BCUT2D eigenvalue weighted by Gasteiger charge is 2.15. The quantitative estimate of drug-likeness (QED) is 0.811. The van der Waals surface area contributed by atoms with E-state index in [-0.39, 0.29) is 0 Å². The summed E-state index contributed by atoms with van der Waals surface area (Å²) in [5.74, 6) is 0.573. The summed E-state index contributed by atoms with van der Waals surface area (Å²) < 4.78 is 2.21. The Morgan fingerprint density at radius 3 is 2.62 bits per heavy atom. The highest BCUT2D eigenvalue weighted by atomic mass is 35.5. The van der Waals surface area contributed by atoms with Gasteiger partial charge in [-0.25, -0.2) is 0 Å². The predicted molar refractivity (Wildman–Crippen MR) is 91.0 cm³/mol. The number of benzene rings is 1. The van der Waals surface area contributed by atoms with Gasteiger partial charge in [-0.2, -0.15) is 0 Å². The number of aryl methyl sites for hydroxylation is 1. The molecular weight excluding hydrogens is 280 g/mol.